The highest BCUT2D eigenvalue weighted by Crippen LogP contribution is 2.11. The molecule has 1 rings (SSSR count). The zero-order valence-electron chi connectivity index (χ0n) is 11.6. The molecule has 1 aromatic rings. The van der Waals surface area contributed by atoms with Gasteiger partial charge >= 0.3 is 5.97 Å². The molecule has 0 aliphatic rings. The quantitative estimate of drug-likeness (QED) is 0.713. The molecule has 0 unspecified atom stereocenters. The van der Waals surface area contributed by atoms with Gasteiger partial charge in [-0.3, -0.25) is 9.59 Å². The lowest BCUT2D eigenvalue weighted by molar-refractivity contribution is -0.148. The Bertz CT molecular complexity index is 447. The first-order valence-corrected chi connectivity index (χ1v) is 6.31. The summed E-state index contributed by atoms with van der Waals surface area (Å²) in [6.45, 7) is 2.08. The third-order valence-corrected chi connectivity index (χ3v) is 2.50. The van der Waals surface area contributed by atoms with Crippen LogP contribution in [0.4, 0.5) is 4.39 Å². The van der Waals surface area contributed by atoms with Crippen LogP contribution in [0.5, 0.6) is 5.75 Å². The molecule has 0 radical (unpaired) electrons. The first-order chi connectivity index (χ1) is 9.52. The highest BCUT2D eigenvalue weighted by atomic mass is 19.1. The maximum Gasteiger partial charge on any atom is 0.325 e. The molecule has 0 heterocycles. The van der Waals surface area contributed by atoms with Crippen LogP contribution in [-0.2, 0) is 14.3 Å². The van der Waals surface area contributed by atoms with Gasteiger partial charge in [-0.25, -0.2) is 4.39 Å². The number of halogens is 1. The van der Waals surface area contributed by atoms with Crippen molar-refractivity contribution in [1.82, 2.24) is 4.90 Å². The molecule has 110 valence electrons. The fourth-order valence-corrected chi connectivity index (χ4v) is 1.47. The average Bonchev–Trinajstić information content (AvgIpc) is 2.41. The number of rotatable bonds is 7. The van der Waals surface area contributed by atoms with E-state index in [4.69, 9.17) is 9.47 Å². The Morgan fingerprint density at radius 1 is 1.25 bits per heavy atom. The standard InChI is InChI=1S/C14H18FNO4/c1-3-19-14(18)10-16(2)13(17)8-9-20-12-6-4-11(15)5-7-12/h4-7H,3,8-10H2,1-2H3. The summed E-state index contributed by atoms with van der Waals surface area (Å²) in [4.78, 5) is 24.2. The van der Waals surface area contributed by atoms with Crippen molar-refractivity contribution < 1.29 is 23.5 Å². The van der Waals surface area contributed by atoms with Crippen LogP contribution >= 0.6 is 0 Å². The molecule has 0 aliphatic carbocycles. The summed E-state index contributed by atoms with van der Waals surface area (Å²) in [7, 11) is 1.52. The third-order valence-electron chi connectivity index (χ3n) is 2.50. The lowest BCUT2D eigenvalue weighted by Gasteiger charge is -2.16. The van der Waals surface area contributed by atoms with E-state index >= 15 is 0 Å². The molecule has 0 spiro atoms. The van der Waals surface area contributed by atoms with E-state index in [1.54, 1.807) is 6.92 Å². The fraction of sp³-hybridized carbons (Fsp3) is 0.429. The van der Waals surface area contributed by atoms with Gasteiger partial charge in [-0.1, -0.05) is 0 Å². The Labute approximate surface area is 117 Å². The lowest BCUT2D eigenvalue weighted by Crippen LogP contribution is -2.33. The number of hydrogen-bond donors (Lipinski definition) is 0. The van der Waals surface area contributed by atoms with Gasteiger partial charge in [0.05, 0.1) is 19.6 Å². The number of benzene rings is 1. The van der Waals surface area contributed by atoms with Crippen molar-refractivity contribution in [2.75, 3.05) is 26.8 Å². The van der Waals surface area contributed by atoms with Crippen LogP contribution in [0, 0.1) is 5.82 Å². The Morgan fingerprint density at radius 3 is 2.50 bits per heavy atom. The van der Waals surface area contributed by atoms with Crippen LogP contribution in [-0.4, -0.2) is 43.6 Å². The molecule has 0 atom stereocenters. The van der Waals surface area contributed by atoms with E-state index in [9.17, 15) is 14.0 Å². The van der Waals surface area contributed by atoms with Crippen LogP contribution in [0.1, 0.15) is 13.3 Å². The highest BCUT2D eigenvalue weighted by Gasteiger charge is 2.13. The van der Waals surface area contributed by atoms with Gasteiger partial charge in [-0.15, -0.1) is 0 Å². The minimum absolute atomic E-state index is 0.0801. The van der Waals surface area contributed by atoms with Crippen molar-refractivity contribution in [1.29, 1.82) is 0 Å². The molecule has 5 nitrogen and oxygen atoms in total. The fourth-order valence-electron chi connectivity index (χ4n) is 1.47. The van der Waals surface area contributed by atoms with Gasteiger partial charge in [-0.2, -0.15) is 0 Å². The summed E-state index contributed by atoms with van der Waals surface area (Å²) in [6.07, 6.45) is 0.132. The SMILES string of the molecule is CCOC(=O)CN(C)C(=O)CCOc1ccc(F)cc1. The predicted octanol–water partition coefficient (Wildman–Crippen LogP) is 1.62. The van der Waals surface area contributed by atoms with Crippen molar-refractivity contribution in [2.45, 2.75) is 13.3 Å². The molecule has 0 aromatic heterocycles. The van der Waals surface area contributed by atoms with E-state index in [2.05, 4.69) is 0 Å². The van der Waals surface area contributed by atoms with Crippen molar-refractivity contribution in [3.63, 3.8) is 0 Å². The molecular weight excluding hydrogens is 265 g/mol. The number of esters is 1. The zero-order chi connectivity index (χ0) is 15.0. The molecule has 1 aromatic carbocycles. The number of amides is 1. The Hall–Kier alpha value is -2.11. The molecule has 0 saturated heterocycles. The van der Waals surface area contributed by atoms with Crippen LogP contribution in [0.3, 0.4) is 0 Å². The number of carbonyl (C=O) groups is 2. The van der Waals surface area contributed by atoms with Gasteiger partial charge in [0.1, 0.15) is 18.1 Å². The van der Waals surface area contributed by atoms with Crippen LogP contribution < -0.4 is 4.74 Å². The van der Waals surface area contributed by atoms with Crippen molar-refractivity contribution in [3.05, 3.63) is 30.1 Å². The van der Waals surface area contributed by atoms with Crippen molar-refractivity contribution >= 4 is 11.9 Å². The number of likely N-dealkylation sites (N-methyl/N-ethyl adjacent to an activating group) is 1. The molecule has 20 heavy (non-hydrogen) atoms. The smallest absolute Gasteiger partial charge is 0.325 e. The van der Waals surface area contributed by atoms with E-state index in [1.807, 2.05) is 0 Å². The third kappa shape index (κ3) is 5.69. The van der Waals surface area contributed by atoms with Gasteiger partial charge in [0, 0.05) is 7.05 Å². The highest BCUT2D eigenvalue weighted by molar-refractivity contribution is 5.81. The Balaban J connectivity index is 2.28. The van der Waals surface area contributed by atoms with Gasteiger partial charge in [0.2, 0.25) is 5.91 Å². The summed E-state index contributed by atoms with van der Waals surface area (Å²) >= 11 is 0. The Morgan fingerprint density at radius 2 is 1.90 bits per heavy atom. The Kier molecular flexibility index (Phi) is 6.49. The molecule has 0 aliphatic heterocycles. The first kappa shape index (κ1) is 15.9. The van der Waals surface area contributed by atoms with Gasteiger partial charge in [0.25, 0.3) is 0 Å². The largest absolute Gasteiger partial charge is 0.493 e. The van der Waals surface area contributed by atoms with E-state index in [0.29, 0.717) is 5.75 Å². The van der Waals surface area contributed by atoms with Crippen LogP contribution in [0.25, 0.3) is 0 Å². The topological polar surface area (TPSA) is 55.8 Å². The molecule has 6 heteroatoms. The average molecular weight is 283 g/mol. The second kappa shape index (κ2) is 8.14. The first-order valence-electron chi connectivity index (χ1n) is 6.31. The molecule has 0 saturated carbocycles. The van der Waals surface area contributed by atoms with Crippen LogP contribution in [0.2, 0.25) is 0 Å². The van der Waals surface area contributed by atoms with Gasteiger partial charge < -0.3 is 14.4 Å². The van der Waals surface area contributed by atoms with E-state index in [1.165, 1.54) is 36.2 Å². The predicted molar refractivity (Wildman–Crippen MR) is 70.8 cm³/mol. The second-order valence-electron chi connectivity index (χ2n) is 4.11. The molecule has 0 bridgehead atoms. The number of hydrogen-bond acceptors (Lipinski definition) is 4. The zero-order valence-corrected chi connectivity index (χ0v) is 11.6. The molecular formula is C14H18FNO4. The van der Waals surface area contributed by atoms with Crippen molar-refractivity contribution in [3.8, 4) is 5.75 Å². The summed E-state index contributed by atoms with van der Waals surface area (Å²) in [5, 5.41) is 0. The maximum atomic E-state index is 12.7. The van der Waals surface area contributed by atoms with Gasteiger partial charge in [0.15, 0.2) is 0 Å². The minimum atomic E-state index is -0.442. The van der Waals surface area contributed by atoms with Gasteiger partial charge in [-0.05, 0) is 31.2 Å². The minimum Gasteiger partial charge on any atom is -0.493 e. The molecule has 0 N–H and O–H groups in total. The summed E-state index contributed by atoms with van der Waals surface area (Å²) in [6, 6.07) is 5.54. The van der Waals surface area contributed by atoms with E-state index < -0.39 is 5.97 Å². The molecule has 1 amide bonds. The summed E-state index contributed by atoms with van der Waals surface area (Å²) in [5.74, 6) is -0.516. The summed E-state index contributed by atoms with van der Waals surface area (Å²) in [5.41, 5.74) is 0. The maximum absolute atomic E-state index is 12.7. The number of nitrogens with zero attached hydrogens (tertiary/aromatic N) is 1. The van der Waals surface area contributed by atoms with E-state index in [-0.39, 0.29) is 37.9 Å². The summed E-state index contributed by atoms with van der Waals surface area (Å²) < 4.78 is 22.7. The second-order valence-corrected chi connectivity index (χ2v) is 4.11. The molecule has 0 fully saturated rings. The lowest BCUT2D eigenvalue weighted by atomic mass is 10.3. The number of carbonyl (C=O) groups excluding carboxylic acids is 2. The normalized spacial score (nSPS) is 9.95. The van der Waals surface area contributed by atoms with Crippen LogP contribution in [0.15, 0.2) is 24.3 Å². The van der Waals surface area contributed by atoms with E-state index in [0.717, 1.165) is 0 Å². The monoisotopic (exact) mass is 283 g/mol. The number of ether oxygens (including phenoxy) is 2. The van der Waals surface area contributed by atoms with Crippen molar-refractivity contribution in [2.24, 2.45) is 0 Å².